The summed E-state index contributed by atoms with van der Waals surface area (Å²) in [4.78, 5) is 12.1. The molecule has 6 nitrogen and oxygen atoms in total. The Morgan fingerprint density at radius 3 is 2.43 bits per heavy atom. The van der Waals surface area contributed by atoms with Crippen molar-refractivity contribution in [3.63, 3.8) is 0 Å². The van der Waals surface area contributed by atoms with Crippen molar-refractivity contribution in [1.82, 2.24) is 10.2 Å². The first-order chi connectivity index (χ1) is 11.3. The van der Waals surface area contributed by atoms with Gasteiger partial charge in [-0.05, 0) is 30.5 Å². The van der Waals surface area contributed by atoms with E-state index in [9.17, 15) is 4.79 Å². The maximum atomic E-state index is 12.1. The molecule has 120 valence electrons. The molecule has 0 bridgehead atoms. The molecule has 6 heteroatoms. The number of carbonyl (C=O) groups excluding carboxylic acids is 1. The number of nitrogens with zero attached hydrogens (tertiary/aromatic N) is 2. The van der Waals surface area contributed by atoms with Crippen LogP contribution in [-0.4, -0.2) is 29.3 Å². The van der Waals surface area contributed by atoms with E-state index in [2.05, 4.69) is 20.8 Å². The summed E-state index contributed by atoms with van der Waals surface area (Å²) >= 11 is 0. The van der Waals surface area contributed by atoms with Gasteiger partial charge < -0.3 is 15.4 Å². The van der Waals surface area contributed by atoms with Crippen LogP contribution in [0.25, 0.3) is 0 Å². The number of amides is 1. The molecular weight excluding hydrogens is 292 g/mol. The Morgan fingerprint density at radius 1 is 1.04 bits per heavy atom. The summed E-state index contributed by atoms with van der Waals surface area (Å²) in [7, 11) is 0. The average molecular weight is 312 g/mol. The SMILES string of the molecule is O=C(Nc1ccc(NCc2ccccc2)nn1)C1CCOCC1. The van der Waals surface area contributed by atoms with E-state index >= 15 is 0 Å². The van der Waals surface area contributed by atoms with Crippen LogP contribution in [0.1, 0.15) is 18.4 Å². The Balaban J connectivity index is 1.51. The molecule has 0 radical (unpaired) electrons. The zero-order chi connectivity index (χ0) is 15.9. The van der Waals surface area contributed by atoms with E-state index in [4.69, 9.17) is 4.74 Å². The molecule has 1 saturated heterocycles. The topological polar surface area (TPSA) is 76.1 Å². The van der Waals surface area contributed by atoms with Gasteiger partial charge in [-0.15, -0.1) is 10.2 Å². The van der Waals surface area contributed by atoms with Crippen molar-refractivity contribution >= 4 is 17.5 Å². The number of rotatable bonds is 5. The highest BCUT2D eigenvalue weighted by atomic mass is 16.5. The van der Waals surface area contributed by atoms with Gasteiger partial charge in [0.15, 0.2) is 5.82 Å². The van der Waals surface area contributed by atoms with Crippen LogP contribution in [0, 0.1) is 5.92 Å². The summed E-state index contributed by atoms with van der Waals surface area (Å²) in [5.74, 6) is 1.15. The van der Waals surface area contributed by atoms with Gasteiger partial charge in [0.25, 0.3) is 0 Å². The normalized spacial score (nSPS) is 15.1. The minimum atomic E-state index is -0.00686. The lowest BCUT2D eigenvalue weighted by atomic mass is 9.99. The van der Waals surface area contributed by atoms with E-state index in [1.165, 1.54) is 5.56 Å². The Bertz CT molecular complexity index is 625. The van der Waals surface area contributed by atoms with E-state index in [-0.39, 0.29) is 11.8 Å². The number of aromatic nitrogens is 2. The smallest absolute Gasteiger partial charge is 0.228 e. The number of hydrogen-bond donors (Lipinski definition) is 2. The maximum absolute atomic E-state index is 12.1. The lowest BCUT2D eigenvalue weighted by Gasteiger charge is -2.20. The fraction of sp³-hybridized carbons (Fsp3) is 0.353. The molecule has 0 saturated carbocycles. The molecule has 0 aliphatic carbocycles. The number of benzene rings is 1. The number of nitrogens with one attached hydrogen (secondary N) is 2. The third-order valence-electron chi connectivity index (χ3n) is 3.82. The molecule has 3 rings (SSSR count). The summed E-state index contributed by atoms with van der Waals surface area (Å²) in [6, 6.07) is 13.6. The van der Waals surface area contributed by atoms with Crippen LogP contribution in [0.2, 0.25) is 0 Å². The van der Waals surface area contributed by atoms with Gasteiger partial charge in [0.2, 0.25) is 5.91 Å². The van der Waals surface area contributed by atoms with Crippen molar-refractivity contribution in [3.8, 4) is 0 Å². The fourth-order valence-electron chi connectivity index (χ4n) is 2.47. The summed E-state index contributed by atoms with van der Waals surface area (Å²) in [5, 5.41) is 14.2. The van der Waals surface area contributed by atoms with Gasteiger partial charge in [-0.2, -0.15) is 0 Å². The van der Waals surface area contributed by atoms with Crippen molar-refractivity contribution < 1.29 is 9.53 Å². The lowest BCUT2D eigenvalue weighted by Crippen LogP contribution is -2.28. The predicted molar refractivity (Wildman–Crippen MR) is 88.0 cm³/mol. The van der Waals surface area contributed by atoms with Gasteiger partial charge in [0.05, 0.1) is 0 Å². The first-order valence-electron chi connectivity index (χ1n) is 7.81. The van der Waals surface area contributed by atoms with Crippen LogP contribution in [0.15, 0.2) is 42.5 Å². The molecule has 1 aromatic heterocycles. The van der Waals surface area contributed by atoms with E-state index < -0.39 is 0 Å². The minimum Gasteiger partial charge on any atom is -0.381 e. The molecule has 0 atom stereocenters. The minimum absolute atomic E-state index is 0.00133. The summed E-state index contributed by atoms with van der Waals surface area (Å²) in [6.45, 7) is 1.97. The largest absolute Gasteiger partial charge is 0.381 e. The second-order valence-electron chi connectivity index (χ2n) is 5.52. The van der Waals surface area contributed by atoms with Crippen molar-refractivity contribution in [2.75, 3.05) is 23.8 Å². The van der Waals surface area contributed by atoms with E-state index in [1.54, 1.807) is 6.07 Å². The molecule has 1 aliphatic heterocycles. The van der Waals surface area contributed by atoms with Crippen LogP contribution < -0.4 is 10.6 Å². The summed E-state index contributed by atoms with van der Waals surface area (Å²) in [6.07, 6.45) is 1.52. The van der Waals surface area contributed by atoms with Crippen LogP contribution in [0.3, 0.4) is 0 Å². The van der Waals surface area contributed by atoms with Crippen molar-refractivity contribution in [1.29, 1.82) is 0 Å². The van der Waals surface area contributed by atoms with Crippen LogP contribution in [0.4, 0.5) is 11.6 Å². The maximum Gasteiger partial charge on any atom is 0.228 e. The Kier molecular flexibility index (Phi) is 5.16. The van der Waals surface area contributed by atoms with Crippen molar-refractivity contribution in [2.45, 2.75) is 19.4 Å². The second-order valence-corrected chi connectivity index (χ2v) is 5.52. The van der Waals surface area contributed by atoms with Gasteiger partial charge in [-0.1, -0.05) is 30.3 Å². The van der Waals surface area contributed by atoms with Crippen LogP contribution in [0.5, 0.6) is 0 Å². The molecular formula is C17H20N4O2. The molecule has 2 heterocycles. The van der Waals surface area contributed by atoms with Gasteiger partial charge in [-0.3, -0.25) is 4.79 Å². The number of hydrogen-bond acceptors (Lipinski definition) is 5. The second kappa shape index (κ2) is 7.69. The van der Waals surface area contributed by atoms with Gasteiger partial charge in [0, 0.05) is 25.7 Å². The Hall–Kier alpha value is -2.47. The standard InChI is InChI=1S/C17H20N4O2/c22-17(14-8-10-23-11-9-14)19-16-7-6-15(20-21-16)18-12-13-4-2-1-3-5-13/h1-7,14H,8-12H2,(H,18,20)(H,19,21,22). The number of anilines is 2. The molecule has 1 fully saturated rings. The van der Waals surface area contributed by atoms with Crippen LogP contribution in [-0.2, 0) is 16.1 Å². The third kappa shape index (κ3) is 4.50. The van der Waals surface area contributed by atoms with E-state index in [0.717, 1.165) is 12.8 Å². The van der Waals surface area contributed by atoms with Crippen molar-refractivity contribution in [3.05, 3.63) is 48.0 Å². The zero-order valence-corrected chi connectivity index (χ0v) is 12.9. The Morgan fingerprint density at radius 2 is 1.74 bits per heavy atom. The molecule has 1 aromatic carbocycles. The van der Waals surface area contributed by atoms with E-state index in [0.29, 0.717) is 31.4 Å². The number of ether oxygens (including phenoxy) is 1. The molecule has 0 unspecified atom stereocenters. The molecule has 1 aliphatic rings. The summed E-state index contributed by atoms with van der Waals surface area (Å²) < 4.78 is 5.26. The Labute approximate surface area is 135 Å². The first kappa shape index (κ1) is 15.4. The quantitative estimate of drug-likeness (QED) is 0.887. The first-order valence-corrected chi connectivity index (χ1v) is 7.81. The molecule has 23 heavy (non-hydrogen) atoms. The summed E-state index contributed by atoms with van der Waals surface area (Å²) in [5.41, 5.74) is 1.17. The molecule has 2 N–H and O–H groups in total. The third-order valence-corrected chi connectivity index (χ3v) is 3.82. The predicted octanol–water partition coefficient (Wildman–Crippen LogP) is 2.45. The molecule has 2 aromatic rings. The highest BCUT2D eigenvalue weighted by molar-refractivity contribution is 5.91. The highest BCUT2D eigenvalue weighted by Crippen LogP contribution is 2.17. The highest BCUT2D eigenvalue weighted by Gasteiger charge is 2.21. The van der Waals surface area contributed by atoms with Gasteiger partial charge in [-0.25, -0.2) is 0 Å². The monoisotopic (exact) mass is 312 g/mol. The van der Waals surface area contributed by atoms with E-state index in [1.807, 2.05) is 36.4 Å². The number of carbonyl (C=O) groups is 1. The zero-order valence-electron chi connectivity index (χ0n) is 12.9. The lowest BCUT2D eigenvalue weighted by molar-refractivity contribution is -0.122. The van der Waals surface area contributed by atoms with Gasteiger partial charge in [0.1, 0.15) is 5.82 Å². The average Bonchev–Trinajstić information content (AvgIpc) is 2.63. The molecule has 1 amide bonds. The fourth-order valence-corrected chi connectivity index (χ4v) is 2.47. The van der Waals surface area contributed by atoms with Crippen LogP contribution >= 0.6 is 0 Å². The van der Waals surface area contributed by atoms with Crippen molar-refractivity contribution in [2.24, 2.45) is 5.92 Å². The molecule has 0 spiro atoms. The van der Waals surface area contributed by atoms with Gasteiger partial charge >= 0.3 is 0 Å².